The summed E-state index contributed by atoms with van der Waals surface area (Å²) < 4.78 is 0. The SMILES string of the molecule is CC(C)(C)CC(=O)Nc1ccccc1NC(=O)c1ccc(CO)cc1. The summed E-state index contributed by atoms with van der Waals surface area (Å²) in [5.74, 6) is -0.372. The van der Waals surface area contributed by atoms with E-state index < -0.39 is 0 Å². The number of aliphatic hydroxyl groups excluding tert-OH is 1. The first-order valence-corrected chi connectivity index (χ1v) is 8.18. The van der Waals surface area contributed by atoms with Crippen LogP contribution in [-0.4, -0.2) is 16.9 Å². The van der Waals surface area contributed by atoms with Crippen LogP contribution in [0, 0.1) is 5.41 Å². The van der Waals surface area contributed by atoms with E-state index in [0.717, 1.165) is 5.56 Å². The van der Waals surface area contributed by atoms with Crippen molar-refractivity contribution >= 4 is 23.2 Å². The number of amides is 2. The van der Waals surface area contributed by atoms with Crippen molar-refractivity contribution in [1.82, 2.24) is 0 Å². The molecule has 25 heavy (non-hydrogen) atoms. The van der Waals surface area contributed by atoms with Crippen molar-refractivity contribution in [2.75, 3.05) is 10.6 Å². The lowest BCUT2D eigenvalue weighted by Gasteiger charge is -2.18. The number of carbonyl (C=O) groups is 2. The van der Waals surface area contributed by atoms with Crippen LogP contribution >= 0.6 is 0 Å². The molecule has 0 unspecified atom stereocenters. The van der Waals surface area contributed by atoms with Crippen molar-refractivity contribution in [2.45, 2.75) is 33.8 Å². The predicted molar refractivity (Wildman–Crippen MR) is 99.5 cm³/mol. The van der Waals surface area contributed by atoms with E-state index in [9.17, 15) is 9.59 Å². The van der Waals surface area contributed by atoms with Gasteiger partial charge in [-0.15, -0.1) is 0 Å². The fourth-order valence-corrected chi connectivity index (χ4v) is 2.33. The molecule has 0 spiro atoms. The summed E-state index contributed by atoms with van der Waals surface area (Å²) in [5.41, 5.74) is 2.22. The van der Waals surface area contributed by atoms with Gasteiger partial charge in [-0.25, -0.2) is 0 Å². The van der Waals surface area contributed by atoms with Gasteiger partial charge in [0.1, 0.15) is 0 Å². The number of rotatable bonds is 5. The van der Waals surface area contributed by atoms with Crippen molar-refractivity contribution in [3.05, 3.63) is 59.7 Å². The minimum Gasteiger partial charge on any atom is -0.392 e. The molecule has 0 aliphatic heterocycles. The van der Waals surface area contributed by atoms with Crippen LogP contribution in [0.15, 0.2) is 48.5 Å². The summed E-state index contributed by atoms with van der Waals surface area (Å²) in [6, 6.07) is 13.8. The summed E-state index contributed by atoms with van der Waals surface area (Å²) in [7, 11) is 0. The number of carbonyl (C=O) groups excluding carboxylic acids is 2. The molecule has 0 saturated carbocycles. The van der Waals surface area contributed by atoms with Gasteiger partial charge in [-0.1, -0.05) is 45.0 Å². The molecule has 2 aromatic carbocycles. The number of para-hydroxylation sites is 2. The van der Waals surface area contributed by atoms with Gasteiger partial charge in [-0.2, -0.15) is 0 Å². The third-order valence-corrected chi connectivity index (χ3v) is 3.54. The van der Waals surface area contributed by atoms with Gasteiger partial charge in [-0.3, -0.25) is 9.59 Å². The van der Waals surface area contributed by atoms with Crippen LogP contribution in [0.3, 0.4) is 0 Å². The van der Waals surface area contributed by atoms with E-state index in [4.69, 9.17) is 5.11 Å². The van der Waals surface area contributed by atoms with E-state index in [1.807, 2.05) is 20.8 Å². The maximum atomic E-state index is 12.4. The average Bonchev–Trinajstić information content (AvgIpc) is 2.55. The average molecular weight is 340 g/mol. The number of hydrogen-bond acceptors (Lipinski definition) is 3. The topological polar surface area (TPSA) is 78.4 Å². The maximum absolute atomic E-state index is 12.4. The Labute approximate surface area is 148 Å². The number of nitrogens with one attached hydrogen (secondary N) is 2. The molecule has 3 N–H and O–H groups in total. The van der Waals surface area contributed by atoms with E-state index >= 15 is 0 Å². The Morgan fingerprint density at radius 1 is 0.920 bits per heavy atom. The van der Waals surface area contributed by atoms with Gasteiger partial charge in [0.05, 0.1) is 18.0 Å². The molecular formula is C20H24N2O3. The molecule has 5 nitrogen and oxygen atoms in total. The second-order valence-electron chi connectivity index (χ2n) is 7.14. The molecule has 5 heteroatoms. The van der Waals surface area contributed by atoms with Crippen LogP contribution in [0.25, 0.3) is 0 Å². The Balaban J connectivity index is 2.11. The van der Waals surface area contributed by atoms with Crippen molar-refractivity contribution in [2.24, 2.45) is 5.41 Å². The molecule has 0 aromatic heterocycles. The minimum atomic E-state index is -0.276. The lowest BCUT2D eigenvalue weighted by Crippen LogP contribution is -2.21. The lowest BCUT2D eigenvalue weighted by atomic mass is 9.92. The first kappa shape index (κ1) is 18.7. The quantitative estimate of drug-likeness (QED) is 0.774. The largest absolute Gasteiger partial charge is 0.392 e. The molecule has 0 heterocycles. The Hall–Kier alpha value is -2.66. The Bertz CT molecular complexity index is 746. The molecule has 2 amide bonds. The van der Waals surface area contributed by atoms with Gasteiger partial charge >= 0.3 is 0 Å². The number of anilines is 2. The highest BCUT2D eigenvalue weighted by Crippen LogP contribution is 2.24. The van der Waals surface area contributed by atoms with Crippen LogP contribution < -0.4 is 10.6 Å². The summed E-state index contributed by atoms with van der Waals surface area (Å²) in [6.07, 6.45) is 0.387. The van der Waals surface area contributed by atoms with Crippen molar-refractivity contribution in [3.8, 4) is 0 Å². The molecule has 0 bridgehead atoms. The van der Waals surface area contributed by atoms with Gasteiger partial charge in [0.2, 0.25) is 5.91 Å². The van der Waals surface area contributed by atoms with Gasteiger partial charge in [-0.05, 0) is 35.2 Å². The summed E-state index contributed by atoms with van der Waals surface area (Å²) in [6.45, 7) is 5.92. The summed E-state index contributed by atoms with van der Waals surface area (Å²) in [4.78, 5) is 24.6. The molecule has 0 saturated heterocycles. The van der Waals surface area contributed by atoms with Crippen LogP contribution in [0.1, 0.15) is 43.1 Å². The van der Waals surface area contributed by atoms with Gasteiger partial charge < -0.3 is 15.7 Å². The van der Waals surface area contributed by atoms with Crippen LogP contribution in [0.2, 0.25) is 0 Å². The zero-order valence-electron chi connectivity index (χ0n) is 14.8. The normalized spacial score (nSPS) is 11.0. The number of aliphatic hydroxyl groups is 1. The monoisotopic (exact) mass is 340 g/mol. The Morgan fingerprint density at radius 2 is 1.48 bits per heavy atom. The van der Waals surface area contributed by atoms with E-state index in [0.29, 0.717) is 23.4 Å². The lowest BCUT2D eigenvalue weighted by molar-refractivity contribution is -0.117. The first-order valence-electron chi connectivity index (χ1n) is 8.18. The second kappa shape index (κ2) is 7.94. The minimum absolute atomic E-state index is 0.0649. The highest BCUT2D eigenvalue weighted by atomic mass is 16.3. The molecule has 0 radical (unpaired) electrons. The van der Waals surface area contributed by atoms with E-state index in [1.54, 1.807) is 48.5 Å². The number of hydrogen-bond donors (Lipinski definition) is 3. The standard InChI is InChI=1S/C20H24N2O3/c1-20(2,3)12-18(24)21-16-6-4-5-7-17(16)22-19(25)15-10-8-14(13-23)9-11-15/h4-11,23H,12-13H2,1-3H3,(H,21,24)(H,22,25). The van der Waals surface area contributed by atoms with Gasteiger partial charge in [0.15, 0.2) is 0 Å². The highest BCUT2D eigenvalue weighted by Gasteiger charge is 2.17. The Kier molecular flexibility index (Phi) is 5.93. The van der Waals surface area contributed by atoms with Crippen molar-refractivity contribution in [1.29, 1.82) is 0 Å². The fourth-order valence-electron chi connectivity index (χ4n) is 2.33. The summed E-state index contributed by atoms with van der Waals surface area (Å²) >= 11 is 0. The third-order valence-electron chi connectivity index (χ3n) is 3.54. The van der Waals surface area contributed by atoms with E-state index in [1.165, 1.54) is 0 Å². The molecule has 0 aliphatic carbocycles. The van der Waals surface area contributed by atoms with E-state index in [2.05, 4.69) is 10.6 Å². The molecule has 0 fully saturated rings. The molecule has 2 aromatic rings. The van der Waals surface area contributed by atoms with Gasteiger partial charge in [0, 0.05) is 12.0 Å². The molecular weight excluding hydrogens is 316 g/mol. The summed E-state index contributed by atoms with van der Waals surface area (Å²) in [5, 5.41) is 14.7. The van der Waals surface area contributed by atoms with Crippen LogP contribution in [0.4, 0.5) is 11.4 Å². The zero-order chi connectivity index (χ0) is 18.4. The first-order chi connectivity index (χ1) is 11.8. The van der Waals surface area contributed by atoms with E-state index in [-0.39, 0.29) is 23.8 Å². The third kappa shape index (κ3) is 5.72. The van der Waals surface area contributed by atoms with Crippen LogP contribution in [-0.2, 0) is 11.4 Å². The van der Waals surface area contributed by atoms with Crippen molar-refractivity contribution < 1.29 is 14.7 Å². The molecule has 132 valence electrons. The van der Waals surface area contributed by atoms with Gasteiger partial charge in [0.25, 0.3) is 5.91 Å². The molecule has 0 aliphatic rings. The highest BCUT2D eigenvalue weighted by molar-refractivity contribution is 6.07. The second-order valence-corrected chi connectivity index (χ2v) is 7.14. The number of benzene rings is 2. The smallest absolute Gasteiger partial charge is 0.255 e. The molecule has 2 rings (SSSR count). The molecule has 0 atom stereocenters. The van der Waals surface area contributed by atoms with Crippen LogP contribution in [0.5, 0.6) is 0 Å². The maximum Gasteiger partial charge on any atom is 0.255 e. The predicted octanol–water partition coefficient (Wildman–Crippen LogP) is 3.81. The Morgan fingerprint density at radius 3 is 2.00 bits per heavy atom. The van der Waals surface area contributed by atoms with Crippen molar-refractivity contribution in [3.63, 3.8) is 0 Å². The zero-order valence-corrected chi connectivity index (χ0v) is 14.8. The fraction of sp³-hybridized carbons (Fsp3) is 0.300.